The Balaban J connectivity index is 2.12. The van der Waals surface area contributed by atoms with Crippen LogP contribution in [0.2, 0.25) is 0 Å². The van der Waals surface area contributed by atoms with Gasteiger partial charge in [0.2, 0.25) is 0 Å². The van der Waals surface area contributed by atoms with Crippen LogP contribution in [-0.4, -0.2) is 17.4 Å². The third kappa shape index (κ3) is 3.35. The van der Waals surface area contributed by atoms with E-state index < -0.39 is 0 Å². The first-order valence-corrected chi connectivity index (χ1v) is 6.76. The number of hydrogen-bond donors (Lipinski definition) is 2. The average molecular weight is 269 g/mol. The van der Waals surface area contributed by atoms with Gasteiger partial charge in [-0.15, -0.1) is 0 Å². The fourth-order valence-corrected chi connectivity index (χ4v) is 2.02. The van der Waals surface area contributed by atoms with Crippen molar-refractivity contribution in [3.05, 3.63) is 59.9 Å². The lowest BCUT2D eigenvalue weighted by Gasteiger charge is -2.16. The molecule has 0 radical (unpaired) electrons. The van der Waals surface area contributed by atoms with Gasteiger partial charge in [0.25, 0.3) is 5.91 Å². The van der Waals surface area contributed by atoms with Gasteiger partial charge in [0, 0.05) is 24.6 Å². The molecule has 0 aliphatic carbocycles. The second-order valence-electron chi connectivity index (χ2n) is 4.56. The fraction of sp³-hybridized carbons (Fsp3) is 0.250. The van der Waals surface area contributed by atoms with Crippen molar-refractivity contribution in [1.82, 2.24) is 10.3 Å². The van der Waals surface area contributed by atoms with E-state index in [1.54, 1.807) is 12.4 Å². The summed E-state index contributed by atoms with van der Waals surface area (Å²) >= 11 is 0. The van der Waals surface area contributed by atoms with E-state index in [-0.39, 0.29) is 11.9 Å². The molecular weight excluding hydrogens is 250 g/mol. The summed E-state index contributed by atoms with van der Waals surface area (Å²) in [5, 5.41) is 6.19. The van der Waals surface area contributed by atoms with E-state index in [4.69, 9.17) is 0 Å². The topological polar surface area (TPSA) is 54.0 Å². The molecule has 0 spiro atoms. The zero-order chi connectivity index (χ0) is 14.4. The number of para-hydroxylation sites is 1. The molecule has 4 heteroatoms. The Kier molecular flexibility index (Phi) is 4.71. The van der Waals surface area contributed by atoms with Crippen LogP contribution in [0.1, 0.15) is 35.8 Å². The van der Waals surface area contributed by atoms with Crippen molar-refractivity contribution in [1.29, 1.82) is 0 Å². The first-order chi connectivity index (χ1) is 9.72. The van der Waals surface area contributed by atoms with Gasteiger partial charge in [-0.05, 0) is 37.6 Å². The molecule has 20 heavy (non-hydrogen) atoms. The van der Waals surface area contributed by atoms with E-state index in [9.17, 15) is 4.79 Å². The highest BCUT2D eigenvalue weighted by Crippen LogP contribution is 2.17. The van der Waals surface area contributed by atoms with E-state index in [1.165, 1.54) is 0 Å². The number of nitrogens with one attached hydrogen (secondary N) is 2. The number of aromatic nitrogens is 1. The van der Waals surface area contributed by atoms with Gasteiger partial charge >= 0.3 is 0 Å². The summed E-state index contributed by atoms with van der Waals surface area (Å²) in [5.74, 6) is -0.0853. The highest BCUT2D eigenvalue weighted by atomic mass is 16.1. The molecule has 0 saturated carbocycles. The summed E-state index contributed by atoms with van der Waals surface area (Å²) in [5.41, 5.74) is 2.50. The van der Waals surface area contributed by atoms with Gasteiger partial charge < -0.3 is 10.6 Å². The second kappa shape index (κ2) is 6.70. The maximum Gasteiger partial charge on any atom is 0.253 e. The molecule has 0 aliphatic rings. The Hall–Kier alpha value is -2.36. The Morgan fingerprint density at radius 3 is 2.75 bits per heavy atom. The molecule has 1 amide bonds. The minimum atomic E-state index is -0.0853. The van der Waals surface area contributed by atoms with Crippen LogP contribution in [-0.2, 0) is 0 Å². The normalized spacial score (nSPS) is 11.7. The lowest BCUT2D eigenvalue weighted by atomic mass is 10.1. The monoisotopic (exact) mass is 269 g/mol. The van der Waals surface area contributed by atoms with Crippen molar-refractivity contribution in [3.8, 4) is 0 Å². The molecule has 2 N–H and O–H groups in total. The second-order valence-corrected chi connectivity index (χ2v) is 4.56. The standard InChI is InChI=1S/C16H19N3O/c1-3-18-15-9-5-4-8-14(15)16(20)19-12(2)13-7-6-10-17-11-13/h4-12,18H,3H2,1-2H3,(H,19,20). The van der Waals surface area contributed by atoms with Crippen LogP contribution in [0.15, 0.2) is 48.8 Å². The Labute approximate surface area is 119 Å². The minimum absolute atomic E-state index is 0.0779. The molecule has 0 bridgehead atoms. The summed E-state index contributed by atoms with van der Waals surface area (Å²) < 4.78 is 0. The van der Waals surface area contributed by atoms with E-state index in [0.29, 0.717) is 5.56 Å². The summed E-state index contributed by atoms with van der Waals surface area (Å²) in [6.45, 7) is 4.74. The summed E-state index contributed by atoms with van der Waals surface area (Å²) in [4.78, 5) is 16.4. The molecule has 1 atom stereocenters. The van der Waals surface area contributed by atoms with Gasteiger partial charge in [-0.2, -0.15) is 0 Å². The van der Waals surface area contributed by atoms with Crippen LogP contribution in [0.3, 0.4) is 0 Å². The van der Waals surface area contributed by atoms with Crippen molar-refractivity contribution in [2.45, 2.75) is 19.9 Å². The summed E-state index contributed by atoms with van der Waals surface area (Å²) in [6, 6.07) is 11.3. The van der Waals surface area contributed by atoms with Crippen molar-refractivity contribution in [2.24, 2.45) is 0 Å². The number of amides is 1. The van der Waals surface area contributed by atoms with Crippen molar-refractivity contribution in [2.75, 3.05) is 11.9 Å². The molecule has 1 aromatic carbocycles. The van der Waals surface area contributed by atoms with Crippen molar-refractivity contribution >= 4 is 11.6 Å². The molecule has 2 rings (SSSR count). The number of carbonyl (C=O) groups excluding carboxylic acids is 1. The van der Waals surface area contributed by atoms with Crippen molar-refractivity contribution < 1.29 is 4.79 Å². The molecule has 1 unspecified atom stereocenters. The van der Waals surface area contributed by atoms with Gasteiger partial charge in [-0.1, -0.05) is 18.2 Å². The van der Waals surface area contributed by atoms with E-state index in [2.05, 4.69) is 15.6 Å². The Morgan fingerprint density at radius 2 is 2.05 bits per heavy atom. The molecule has 2 aromatic rings. The van der Waals surface area contributed by atoms with Gasteiger partial charge in [-0.3, -0.25) is 9.78 Å². The lowest BCUT2D eigenvalue weighted by Crippen LogP contribution is -2.27. The zero-order valence-electron chi connectivity index (χ0n) is 11.8. The Morgan fingerprint density at radius 1 is 1.25 bits per heavy atom. The maximum atomic E-state index is 12.4. The summed E-state index contributed by atoms with van der Waals surface area (Å²) in [6.07, 6.45) is 3.49. The summed E-state index contributed by atoms with van der Waals surface area (Å²) in [7, 11) is 0. The van der Waals surface area contributed by atoms with Gasteiger partial charge in [-0.25, -0.2) is 0 Å². The lowest BCUT2D eigenvalue weighted by molar-refractivity contribution is 0.0940. The minimum Gasteiger partial charge on any atom is -0.385 e. The predicted octanol–water partition coefficient (Wildman–Crippen LogP) is 3.00. The maximum absolute atomic E-state index is 12.4. The van der Waals surface area contributed by atoms with Gasteiger partial charge in [0.05, 0.1) is 11.6 Å². The SMILES string of the molecule is CCNc1ccccc1C(=O)NC(C)c1cccnc1. The van der Waals surface area contributed by atoms with Crippen LogP contribution in [0, 0.1) is 0 Å². The van der Waals surface area contributed by atoms with Gasteiger partial charge in [0.15, 0.2) is 0 Å². The first-order valence-electron chi connectivity index (χ1n) is 6.76. The molecular formula is C16H19N3O. The number of pyridine rings is 1. The fourth-order valence-electron chi connectivity index (χ4n) is 2.02. The highest BCUT2D eigenvalue weighted by Gasteiger charge is 2.14. The molecule has 1 aromatic heterocycles. The quantitative estimate of drug-likeness (QED) is 0.877. The largest absolute Gasteiger partial charge is 0.385 e. The molecule has 0 aliphatic heterocycles. The smallest absolute Gasteiger partial charge is 0.253 e. The predicted molar refractivity (Wildman–Crippen MR) is 80.7 cm³/mol. The molecule has 4 nitrogen and oxygen atoms in total. The Bertz CT molecular complexity index is 569. The van der Waals surface area contributed by atoms with E-state index >= 15 is 0 Å². The van der Waals surface area contributed by atoms with Crippen LogP contribution in [0.5, 0.6) is 0 Å². The molecule has 104 valence electrons. The van der Waals surface area contributed by atoms with Crippen LogP contribution in [0.4, 0.5) is 5.69 Å². The number of hydrogen-bond acceptors (Lipinski definition) is 3. The number of carbonyl (C=O) groups is 1. The number of nitrogens with zero attached hydrogens (tertiary/aromatic N) is 1. The third-order valence-electron chi connectivity index (χ3n) is 3.07. The van der Waals surface area contributed by atoms with Crippen molar-refractivity contribution in [3.63, 3.8) is 0 Å². The third-order valence-corrected chi connectivity index (χ3v) is 3.07. The average Bonchev–Trinajstić information content (AvgIpc) is 2.49. The van der Waals surface area contributed by atoms with Gasteiger partial charge in [0.1, 0.15) is 0 Å². The van der Waals surface area contributed by atoms with E-state index in [0.717, 1.165) is 17.8 Å². The van der Waals surface area contributed by atoms with Crippen LogP contribution >= 0.6 is 0 Å². The van der Waals surface area contributed by atoms with Crippen LogP contribution in [0.25, 0.3) is 0 Å². The molecule has 0 saturated heterocycles. The zero-order valence-corrected chi connectivity index (χ0v) is 11.8. The number of benzene rings is 1. The van der Waals surface area contributed by atoms with Crippen LogP contribution < -0.4 is 10.6 Å². The molecule has 0 fully saturated rings. The number of anilines is 1. The molecule has 1 heterocycles. The van der Waals surface area contributed by atoms with E-state index in [1.807, 2.05) is 50.2 Å². The first kappa shape index (κ1) is 14.1. The highest BCUT2D eigenvalue weighted by molar-refractivity contribution is 5.99. The number of rotatable bonds is 5.